The van der Waals surface area contributed by atoms with Gasteiger partial charge in [-0.15, -0.1) is 0 Å². The Morgan fingerprint density at radius 2 is 1.76 bits per heavy atom. The summed E-state index contributed by atoms with van der Waals surface area (Å²) in [6, 6.07) is 10.3. The molecule has 6 atom stereocenters. The van der Waals surface area contributed by atoms with Crippen molar-refractivity contribution in [1.29, 1.82) is 0 Å². The topological polar surface area (TPSA) is 161 Å². The second-order valence-corrected chi connectivity index (χ2v) is 7.81. The molecule has 0 amide bonds. The van der Waals surface area contributed by atoms with Gasteiger partial charge in [-0.1, -0.05) is 30.3 Å². The number of aromatic hydroxyl groups is 1. The number of fused-ring (bicyclic) bond motifs is 1. The fraction of sp³-hybridized carbons (Fsp3) is 0.391. The van der Waals surface area contributed by atoms with E-state index in [9.17, 15) is 30.0 Å². The zero-order chi connectivity index (χ0) is 24.6. The van der Waals surface area contributed by atoms with Gasteiger partial charge in [0.25, 0.3) is 0 Å². The Labute approximate surface area is 194 Å². The number of aliphatic hydroxyl groups is 3. The van der Waals surface area contributed by atoms with Crippen molar-refractivity contribution < 1.29 is 53.7 Å². The van der Waals surface area contributed by atoms with Crippen molar-refractivity contribution in [1.82, 2.24) is 0 Å². The third-order valence-electron chi connectivity index (χ3n) is 5.72. The Morgan fingerprint density at radius 3 is 2.41 bits per heavy atom. The molecule has 2 aliphatic rings. The molecule has 0 saturated carbocycles. The van der Waals surface area contributed by atoms with E-state index in [1.165, 1.54) is 13.2 Å². The van der Waals surface area contributed by atoms with Gasteiger partial charge in [-0.25, -0.2) is 4.79 Å². The number of rotatable bonds is 5. The average Bonchev–Trinajstić information content (AvgIpc) is 2.84. The summed E-state index contributed by atoms with van der Waals surface area (Å²) in [5.41, 5.74) is 0.660. The molecule has 4 N–H and O–H groups in total. The summed E-state index contributed by atoms with van der Waals surface area (Å²) >= 11 is 0. The highest BCUT2D eigenvalue weighted by molar-refractivity contribution is 6.03. The first kappa shape index (κ1) is 23.8. The molecule has 11 nitrogen and oxygen atoms in total. The van der Waals surface area contributed by atoms with Crippen molar-refractivity contribution in [2.75, 3.05) is 14.2 Å². The second kappa shape index (κ2) is 9.47. The van der Waals surface area contributed by atoms with Gasteiger partial charge in [0.15, 0.2) is 23.4 Å². The van der Waals surface area contributed by atoms with Crippen LogP contribution in [0.25, 0.3) is 0 Å². The molecule has 0 radical (unpaired) electrons. The second-order valence-electron chi connectivity index (χ2n) is 7.81. The summed E-state index contributed by atoms with van der Waals surface area (Å²) in [5.74, 6) is -2.35. The Bertz CT molecular complexity index is 1070. The van der Waals surface area contributed by atoms with E-state index in [2.05, 4.69) is 4.74 Å². The number of ketones is 1. The van der Waals surface area contributed by atoms with Crippen molar-refractivity contribution >= 4 is 11.8 Å². The number of hydrogen-bond donors (Lipinski definition) is 4. The van der Waals surface area contributed by atoms with E-state index in [-0.39, 0.29) is 35.0 Å². The van der Waals surface area contributed by atoms with Crippen molar-refractivity contribution in [3.8, 4) is 23.0 Å². The third-order valence-corrected chi connectivity index (χ3v) is 5.72. The number of carbonyl (C=O) groups excluding carboxylic acids is 2. The molecule has 182 valence electrons. The van der Waals surface area contributed by atoms with Crippen LogP contribution in [0.2, 0.25) is 0 Å². The molecular formula is C23H24O11. The maximum absolute atomic E-state index is 12.8. The Morgan fingerprint density at radius 1 is 1.06 bits per heavy atom. The Balaban J connectivity index is 1.68. The minimum absolute atomic E-state index is 0.00815. The first-order chi connectivity index (χ1) is 16.3. The van der Waals surface area contributed by atoms with Crippen LogP contribution in [0.4, 0.5) is 0 Å². The average molecular weight is 476 g/mol. The molecule has 2 aliphatic heterocycles. The Hall–Kier alpha value is -3.38. The number of phenols is 1. The van der Waals surface area contributed by atoms with E-state index in [0.717, 1.165) is 12.7 Å². The number of hydrogen-bond acceptors (Lipinski definition) is 11. The summed E-state index contributed by atoms with van der Waals surface area (Å²) in [7, 11) is 2.29. The normalized spacial score (nSPS) is 28.4. The van der Waals surface area contributed by atoms with Crippen LogP contribution < -0.4 is 14.2 Å². The molecule has 2 heterocycles. The van der Waals surface area contributed by atoms with Gasteiger partial charge in [0.05, 0.1) is 20.6 Å². The summed E-state index contributed by atoms with van der Waals surface area (Å²) < 4.78 is 26.7. The van der Waals surface area contributed by atoms with Crippen LogP contribution in [-0.4, -0.2) is 77.1 Å². The van der Waals surface area contributed by atoms with E-state index < -0.39 is 48.5 Å². The van der Waals surface area contributed by atoms with Gasteiger partial charge in [0, 0.05) is 6.07 Å². The van der Waals surface area contributed by atoms with Gasteiger partial charge in [-0.3, -0.25) is 4.79 Å². The monoisotopic (exact) mass is 476 g/mol. The van der Waals surface area contributed by atoms with Gasteiger partial charge in [-0.05, 0) is 5.56 Å². The first-order valence-electron chi connectivity index (χ1n) is 10.4. The van der Waals surface area contributed by atoms with Crippen molar-refractivity contribution in [2.45, 2.75) is 43.2 Å². The molecule has 1 unspecified atom stereocenters. The van der Waals surface area contributed by atoms with E-state index in [4.69, 9.17) is 18.9 Å². The highest BCUT2D eigenvalue weighted by atomic mass is 16.7. The van der Waals surface area contributed by atoms with Crippen molar-refractivity contribution in [3.63, 3.8) is 0 Å². The van der Waals surface area contributed by atoms with Crippen LogP contribution in [0, 0.1) is 0 Å². The number of aliphatic hydroxyl groups excluding tert-OH is 3. The summed E-state index contributed by atoms with van der Waals surface area (Å²) in [5, 5.41) is 41.3. The minimum atomic E-state index is -1.81. The lowest BCUT2D eigenvalue weighted by Gasteiger charge is -2.39. The van der Waals surface area contributed by atoms with Crippen LogP contribution in [-0.2, 0) is 14.3 Å². The quantitative estimate of drug-likeness (QED) is 0.444. The summed E-state index contributed by atoms with van der Waals surface area (Å²) in [6.45, 7) is 0. The van der Waals surface area contributed by atoms with Gasteiger partial charge < -0.3 is 44.1 Å². The number of esters is 1. The number of benzene rings is 2. The van der Waals surface area contributed by atoms with E-state index in [1.54, 1.807) is 24.3 Å². The smallest absolute Gasteiger partial charge is 0.337 e. The standard InChI is InChI=1S/C23H24O11/c1-30-20-14(33-23-19(28)17(26)18(27)21(34-23)22(29)31-2)9-13-15(16(20)25)11(24)8-12(32-13)10-6-4-3-5-7-10/h3-7,9,12,17-19,21,23,25-28H,8H2,1-2H3/t12?,17-,18-,19+,21-,23+/m0/s1. The molecule has 0 aliphatic carbocycles. The van der Waals surface area contributed by atoms with Crippen molar-refractivity contribution in [3.05, 3.63) is 47.5 Å². The van der Waals surface area contributed by atoms with Gasteiger partial charge >= 0.3 is 5.97 Å². The molecule has 2 aromatic rings. The molecular weight excluding hydrogens is 452 g/mol. The lowest BCUT2D eigenvalue weighted by Crippen LogP contribution is -2.61. The molecule has 4 rings (SSSR count). The lowest BCUT2D eigenvalue weighted by atomic mass is 9.95. The first-order valence-corrected chi connectivity index (χ1v) is 10.4. The van der Waals surface area contributed by atoms with E-state index in [1.807, 2.05) is 6.07 Å². The van der Waals surface area contributed by atoms with Gasteiger partial charge in [-0.2, -0.15) is 0 Å². The largest absolute Gasteiger partial charge is 0.504 e. The maximum atomic E-state index is 12.8. The molecule has 1 saturated heterocycles. The van der Waals surface area contributed by atoms with E-state index >= 15 is 0 Å². The van der Waals surface area contributed by atoms with Crippen LogP contribution in [0.15, 0.2) is 36.4 Å². The highest BCUT2D eigenvalue weighted by Crippen LogP contribution is 2.49. The molecule has 0 aromatic heterocycles. The molecule has 0 spiro atoms. The zero-order valence-electron chi connectivity index (χ0n) is 18.3. The molecule has 2 aromatic carbocycles. The fourth-order valence-electron chi connectivity index (χ4n) is 3.95. The number of phenolic OH excluding ortho intramolecular Hbond substituents is 1. The Kier molecular flexibility index (Phi) is 6.62. The lowest BCUT2D eigenvalue weighted by molar-refractivity contribution is -0.272. The van der Waals surface area contributed by atoms with Crippen molar-refractivity contribution in [2.24, 2.45) is 0 Å². The molecule has 1 fully saturated rings. The summed E-state index contributed by atoms with van der Waals surface area (Å²) in [4.78, 5) is 24.8. The number of ether oxygens (including phenoxy) is 5. The highest BCUT2D eigenvalue weighted by Gasteiger charge is 2.49. The molecule has 34 heavy (non-hydrogen) atoms. The predicted octanol–water partition coefficient (Wildman–Crippen LogP) is 0.467. The number of Topliss-reactive ketones (excluding diaryl/α,β-unsaturated/α-hetero) is 1. The van der Waals surface area contributed by atoms with Gasteiger partial charge in [0.2, 0.25) is 12.0 Å². The molecule has 11 heteroatoms. The third kappa shape index (κ3) is 4.14. The van der Waals surface area contributed by atoms with Crippen LogP contribution >= 0.6 is 0 Å². The number of methoxy groups -OCH3 is 2. The fourth-order valence-corrected chi connectivity index (χ4v) is 3.95. The maximum Gasteiger partial charge on any atom is 0.337 e. The molecule has 0 bridgehead atoms. The van der Waals surface area contributed by atoms with Crippen LogP contribution in [0.3, 0.4) is 0 Å². The SMILES string of the molecule is COC(=O)[C@H]1O[C@@H](Oc2cc3c(c(O)c2OC)C(=O)CC(c2ccccc2)O3)[C@H](O)[C@@H](O)[C@@H]1O. The van der Waals surface area contributed by atoms with E-state index in [0.29, 0.717) is 0 Å². The van der Waals surface area contributed by atoms with Gasteiger partial charge in [0.1, 0.15) is 35.7 Å². The predicted molar refractivity (Wildman–Crippen MR) is 113 cm³/mol. The number of carbonyl (C=O) groups is 2. The minimum Gasteiger partial charge on any atom is -0.504 e. The van der Waals surface area contributed by atoms with Crippen LogP contribution in [0.5, 0.6) is 23.0 Å². The van der Waals surface area contributed by atoms with Crippen LogP contribution in [0.1, 0.15) is 28.4 Å². The summed E-state index contributed by atoms with van der Waals surface area (Å²) in [6.07, 6.45) is -9.29. The zero-order valence-corrected chi connectivity index (χ0v) is 18.3.